The minimum atomic E-state index is -0.168. The molecule has 2 heterocycles. The van der Waals surface area contributed by atoms with Gasteiger partial charge in [-0.2, -0.15) is 0 Å². The lowest BCUT2D eigenvalue weighted by molar-refractivity contribution is -0.111. The Kier molecular flexibility index (Phi) is 4.49. The van der Waals surface area contributed by atoms with Crippen LogP contribution >= 0.6 is 0 Å². The molecular weight excluding hydrogens is 336 g/mol. The predicted molar refractivity (Wildman–Crippen MR) is 107 cm³/mol. The largest absolute Gasteiger partial charge is 0.323 e. The second-order valence-corrected chi connectivity index (χ2v) is 6.21. The van der Waals surface area contributed by atoms with Crippen molar-refractivity contribution in [2.45, 2.75) is 6.92 Å². The fourth-order valence-electron chi connectivity index (χ4n) is 2.74. The molecule has 5 heteroatoms. The van der Waals surface area contributed by atoms with Crippen LogP contribution in [-0.4, -0.2) is 20.3 Å². The van der Waals surface area contributed by atoms with Crippen molar-refractivity contribution < 1.29 is 4.79 Å². The number of hydrogen-bond acceptors (Lipinski definition) is 3. The smallest absolute Gasteiger partial charge is 0.248 e. The minimum Gasteiger partial charge on any atom is -0.323 e. The summed E-state index contributed by atoms with van der Waals surface area (Å²) in [5.74, 6) is 0.507. The van der Waals surface area contributed by atoms with Crippen molar-refractivity contribution >= 4 is 23.4 Å². The molecule has 0 aliphatic heterocycles. The molecule has 132 valence electrons. The Bertz CT molecular complexity index is 1110. The number of nitrogens with one attached hydrogen (secondary N) is 1. The van der Waals surface area contributed by atoms with Gasteiger partial charge in [0.05, 0.1) is 5.69 Å². The van der Waals surface area contributed by atoms with Crippen LogP contribution in [0.4, 0.5) is 5.69 Å². The van der Waals surface area contributed by atoms with Crippen molar-refractivity contribution in [1.29, 1.82) is 0 Å². The first-order chi connectivity index (χ1) is 13.2. The van der Waals surface area contributed by atoms with Crippen LogP contribution in [0, 0.1) is 6.92 Å². The standard InChI is InChI=1S/C22H18N4O/c1-16-13-14-26-15-20(25-22(26)23-16)18-8-10-19(11-9-18)24-21(27)12-7-17-5-3-2-4-6-17/h2-15H,1H3,(H,24,27). The van der Waals surface area contributed by atoms with Crippen molar-refractivity contribution in [3.63, 3.8) is 0 Å². The monoisotopic (exact) mass is 354 g/mol. The first-order valence-electron chi connectivity index (χ1n) is 8.64. The van der Waals surface area contributed by atoms with Crippen LogP contribution in [0.2, 0.25) is 0 Å². The molecule has 27 heavy (non-hydrogen) atoms. The third-order valence-corrected chi connectivity index (χ3v) is 4.14. The van der Waals surface area contributed by atoms with E-state index < -0.39 is 0 Å². The third-order valence-electron chi connectivity index (χ3n) is 4.14. The Hall–Kier alpha value is -3.73. The van der Waals surface area contributed by atoms with E-state index >= 15 is 0 Å². The second-order valence-electron chi connectivity index (χ2n) is 6.21. The number of carbonyl (C=O) groups excluding carboxylic acids is 1. The molecule has 1 N–H and O–H groups in total. The Morgan fingerprint density at radius 1 is 1.00 bits per heavy atom. The van der Waals surface area contributed by atoms with Gasteiger partial charge in [0.2, 0.25) is 11.7 Å². The average molecular weight is 354 g/mol. The number of benzene rings is 2. The molecule has 0 bridgehead atoms. The van der Waals surface area contributed by atoms with Crippen LogP contribution in [0.15, 0.2) is 79.1 Å². The first-order valence-corrected chi connectivity index (χ1v) is 8.64. The van der Waals surface area contributed by atoms with E-state index in [0.717, 1.165) is 28.2 Å². The highest BCUT2D eigenvalue weighted by molar-refractivity contribution is 6.02. The molecule has 4 aromatic rings. The van der Waals surface area contributed by atoms with Gasteiger partial charge in [-0.05, 0) is 36.8 Å². The predicted octanol–water partition coefficient (Wildman–Crippen LogP) is 4.36. The van der Waals surface area contributed by atoms with Crippen LogP contribution in [0.5, 0.6) is 0 Å². The number of aromatic nitrogens is 3. The maximum absolute atomic E-state index is 12.1. The zero-order chi connectivity index (χ0) is 18.6. The molecule has 2 aromatic carbocycles. The summed E-state index contributed by atoms with van der Waals surface area (Å²) in [6.07, 6.45) is 7.20. The van der Waals surface area contributed by atoms with E-state index in [-0.39, 0.29) is 5.91 Å². The third kappa shape index (κ3) is 3.93. The zero-order valence-electron chi connectivity index (χ0n) is 14.8. The Labute approximate surface area is 157 Å². The van der Waals surface area contributed by atoms with Crippen molar-refractivity contribution in [3.8, 4) is 11.3 Å². The van der Waals surface area contributed by atoms with E-state index in [9.17, 15) is 4.79 Å². The van der Waals surface area contributed by atoms with Gasteiger partial charge in [-0.15, -0.1) is 0 Å². The van der Waals surface area contributed by atoms with Crippen molar-refractivity contribution in [2.75, 3.05) is 5.32 Å². The van der Waals surface area contributed by atoms with E-state index in [0.29, 0.717) is 5.78 Å². The average Bonchev–Trinajstić information content (AvgIpc) is 3.11. The number of hydrogen-bond donors (Lipinski definition) is 1. The van der Waals surface area contributed by atoms with Gasteiger partial charge in [0.1, 0.15) is 0 Å². The van der Waals surface area contributed by atoms with Gasteiger partial charge in [-0.25, -0.2) is 9.97 Å². The number of nitrogens with zero attached hydrogens (tertiary/aromatic N) is 3. The van der Waals surface area contributed by atoms with Crippen LogP contribution < -0.4 is 5.32 Å². The van der Waals surface area contributed by atoms with Crippen LogP contribution in [0.3, 0.4) is 0 Å². The zero-order valence-corrected chi connectivity index (χ0v) is 14.8. The summed E-state index contributed by atoms with van der Waals surface area (Å²) in [5, 5.41) is 2.86. The minimum absolute atomic E-state index is 0.168. The SMILES string of the molecule is Cc1ccn2cc(-c3ccc(NC(=O)C=Cc4ccccc4)cc3)nc2n1. The van der Waals surface area contributed by atoms with E-state index in [4.69, 9.17) is 0 Å². The molecule has 2 aromatic heterocycles. The van der Waals surface area contributed by atoms with Gasteiger partial charge >= 0.3 is 0 Å². The number of anilines is 1. The highest BCUT2D eigenvalue weighted by atomic mass is 16.1. The fourth-order valence-corrected chi connectivity index (χ4v) is 2.74. The lowest BCUT2D eigenvalue weighted by Crippen LogP contribution is -2.07. The molecule has 0 saturated heterocycles. The molecule has 0 spiro atoms. The maximum atomic E-state index is 12.1. The second kappa shape index (κ2) is 7.25. The number of carbonyl (C=O) groups is 1. The van der Waals surface area contributed by atoms with E-state index in [1.54, 1.807) is 6.08 Å². The summed E-state index contributed by atoms with van der Waals surface area (Å²) in [6.45, 7) is 1.94. The van der Waals surface area contributed by atoms with E-state index in [2.05, 4.69) is 15.3 Å². The number of fused-ring (bicyclic) bond motifs is 1. The normalized spacial score (nSPS) is 11.1. The first kappa shape index (κ1) is 16.7. The molecule has 4 rings (SSSR count). The molecule has 0 aliphatic carbocycles. The number of imidazole rings is 1. The fraction of sp³-hybridized carbons (Fsp3) is 0.0455. The van der Waals surface area contributed by atoms with Crippen molar-refractivity contribution in [2.24, 2.45) is 0 Å². The van der Waals surface area contributed by atoms with Gasteiger partial charge in [0, 0.05) is 35.4 Å². The summed E-state index contributed by atoms with van der Waals surface area (Å²) in [4.78, 5) is 21.0. The van der Waals surface area contributed by atoms with Gasteiger partial charge in [-0.1, -0.05) is 42.5 Å². The molecule has 0 radical (unpaired) electrons. The van der Waals surface area contributed by atoms with E-state index in [1.165, 1.54) is 6.08 Å². The maximum Gasteiger partial charge on any atom is 0.248 e. The summed E-state index contributed by atoms with van der Waals surface area (Å²) in [5.41, 5.74) is 4.46. The highest BCUT2D eigenvalue weighted by Crippen LogP contribution is 2.21. The molecule has 0 aliphatic rings. The quantitative estimate of drug-likeness (QED) is 0.554. The molecule has 0 fully saturated rings. The summed E-state index contributed by atoms with van der Waals surface area (Å²) in [7, 11) is 0. The molecule has 5 nitrogen and oxygen atoms in total. The lowest BCUT2D eigenvalue weighted by Gasteiger charge is -2.03. The Morgan fingerprint density at radius 2 is 1.78 bits per heavy atom. The Morgan fingerprint density at radius 3 is 2.56 bits per heavy atom. The van der Waals surface area contributed by atoms with Crippen molar-refractivity contribution in [1.82, 2.24) is 14.4 Å². The van der Waals surface area contributed by atoms with Crippen molar-refractivity contribution in [3.05, 3.63) is 90.4 Å². The van der Waals surface area contributed by atoms with Gasteiger partial charge in [-0.3, -0.25) is 9.20 Å². The Balaban J connectivity index is 1.46. The van der Waals surface area contributed by atoms with Crippen LogP contribution in [0.1, 0.15) is 11.3 Å². The molecule has 1 amide bonds. The topological polar surface area (TPSA) is 59.3 Å². The highest BCUT2D eigenvalue weighted by Gasteiger charge is 2.06. The number of rotatable bonds is 4. The molecular formula is C22H18N4O. The molecule has 0 saturated carbocycles. The van der Waals surface area contributed by atoms with E-state index in [1.807, 2.05) is 84.4 Å². The van der Waals surface area contributed by atoms with Gasteiger partial charge < -0.3 is 5.32 Å². The van der Waals surface area contributed by atoms with Crippen LogP contribution in [-0.2, 0) is 4.79 Å². The number of amides is 1. The van der Waals surface area contributed by atoms with Gasteiger partial charge in [0.25, 0.3) is 0 Å². The van der Waals surface area contributed by atoms with Gasteiger partial charge in [0.15, 0.2) is 0 Å². The molecule has 0 atom stereocenters. The number of aryl methyl sites for hydroxylation is 1. The summed E-state index contributed by atoms with van der Waals surface area (Å²) < 4.78 is 1.90. The summed E-state index contributed by atoms with van der Waals surface area (Å²) in [6, 6.07) is 19.3. The summed E-state index contributed by atoms with van der Waals surface area (Å²) >= 11 is 0. The van der Waals surface area contributed by atoms with Crippen LogP contribution in [0.25, 0.3) is 23.1 Å². The molecule has 0 unspecified atom stereocenters. The lowest BCUT2D eigenvalue weighted by atomic mass is 10.1.